The fourth-order valence-electron chi connectivity index (χ4n) is 3.00. The monoisotopic (exact) mass is 407 g/mol. The Morgan fingerprint density at radius 1 is 1.29 bits per heavy atom. The van der Waals surface area contributed by atoms with Gasteiger partial charge in [-0.2, -0.15) is 0 Å². The molecule has 0 aliphatic carbocycles. The molecule has 0 bridgehead atoms. The van der Waals surface area contributed by atoms with Crippen LogP contribution in [0.4, 0.5) is 0 Å². The third kappa shape index (κ3) is 4.26. The maximum Gasteiger partial charge on any atom is 0.340 e. The van der Waals surface area contributed by atoms with Gasteiger partial charge < -0.3 is 14.6 Å². The number of benzene rings is 1. The molecule has 0 aliphatic rings. The van der Waals surface area contributed by atoms with Crippen molar-refractivity contribution >= 4 is 21.9 Å². The fourth-order valence-corrected chi connectivity index (χ4v) is 3.57. The summed E-state index contributed by atoms with van der Waals surface area (Å²) in [5.41, 5.74) is 2.32. The molecule has 1 unspecified atom stereocenters. The Morgan fingerprint density at radius 2 is 1.93 bits per heavy atom. The quantitative estimate of drug-likeness (QED) is 0.711. The van der Waals surface area contributed by atoms with Gasteiger partial charge in [0.15, 0.2) is 0 Å². The molecule has 28 heavy (non-hydrogen) atoms. The average molecular weight is 407 g/mol. The van der Waals surface area contributed by atoms with Gasteiger partial charge in [0.1, 0.15) is 5.69 Å². The van der Waals surface area contributed by atoms with E-state index in [2.05, 4.69) is 4.98 Å². The summed E-state index contributed by atoms with van der Waals surface area (Å²) in [6, 6.07) is 5.72. The molecule has 1 atom stereocenters. The molecule has 1 amide bonds. The molecule has 9 heteroatoms. The maximum atomic E-state index is 13.0. The lowest BCUT2D eigenvalue weighted by molar-refractivity contribution is 0.0525. The summed E-state index contributed by atoms with van der Waals surface area (Å²) >= 11 is 0. The van der Waals surface area contributed by atoms with Gasteiger partial charge in [0.25, 0.3) is 5.91 Å². The summed E-state index contributed by atoms with van der Waals surface area (Å²) in [4.78, 5) is 29.6. The molecule has 3 N–H and O–H groups in total. The number of carbonyl (C=O) groups excluding carboxylic acids is 2. The number of hydrogen-bond donors (Lipinski definition) is 2. The Hall–Kier alpha value is -2.65. The highest BCUT2D eigenvalue weighted by molar-refractivity contribution is 7.89. The van der Waals surface area contributed by atoms with Crippen LogP contribution in [0.2, 0.25) is 0 Å². The number of aromatic nitrogens is 1. The second-order valence-corrected chi connectivity index (χ2v) is 8.12. The standard InChI is InChI=1S/C19H25N3O5S/c1-6-27-19(24)16-11(2)17(21-12(16)3)18(23)22(5)13(4)14-8-7-9-15(10-14)28(20,25)26/h7-10,13,21H,6H2,1-5H3,(H2,20,25,26). The lowest BCUT2D eigenvalue weighted by Crippen LogP contribution is -2.30. The van der Waals surface area contributed by atoms with E-state index < -0.39 is 22.0 Å². The Kier molecular flexibility index (Phi) is 6.30. The minimum atomic E-state index is -3.84. The van der Waals surface area contributed by atoms with E-state index in [4.69, 9.17) is 9.88 Å². The number of amides is 1. The van der Waals surface area contributed by atoms with Crippen LogP contribution in [-0.2, 0) is 14.8 Å². The van der Waals surface area contributed by atoms with Crippen molar-refractivity contribution < 1.29 is 22.7 Å². The van der Waals surface area contributed by atoms with Crippen LogP contribution in [0.15, 0.2) is 29.2 Å². The highest BCUT2D eigenvalue weighted by atomic mass is 32.2. The van der Waals surface area contributed by atoms with Crippen molar-refractivity contribution in [1.29, 1.82) is 0 Å². The van der Waals surface area contributed by atoms with Crippen LogP contribution in [0.3, 0.4) is 0 Å². The summed E-state index contributed by atoms with van der Waals surface area (Å²) in [5.74, 6) is -0.811. The van der Waals surface area contributed by atoms with Gasteiger partial charge in [-0.3, -0.25) is 4.79 Å². The zero-order valence-electron chi connectivity index (χ0n) is 16.6. The summed E-state index contributed by atoms with van der Waals surface area (Å²) in [6.45, 7) is 7.12. The van der Waals surface area contributed by atoms with Crippen LogP contribution in [0.25, 0.3) is 0 Å². The van der Waals surface area contributed by atoms with E-state index in [0.717, 1.165) is 0 Å². The van der Waals surface area contributed by atoms with Gasteiger partial charge in [-0.25, -0.2) is 18.4 Å². The molecule has 152 valence electrons. The Labute approximate surface area is 164 Å². The van der Waals surface area contributed by atoms with Crippen molar-refractivity contribution in [2.75, 3.05) is 13.7 Å². The van der Waals surface area contributed by atoms with Crippen molar-refractivity contribution in [2.24, 2.45) is 5.14 Å². The molecule has 0 radical (unpaired) electrons. The van der Waals surface area contributed by atoms with E-state index in [1.165, 1.54) is 17.0 Å². The molecule has 0 saturated carbocycles. The van der Waals surface area contributed by atoms with E-state index in [1.807, 2.05) is 0 Å². The third-order valence-electron chi connectivity index (χ3n) is 4.70. The topological polar surface area (TPSA) is 123 Å². The Balaban J connectivity index is 2.35. The van der Waals surface area contributed by atoms with E-state index in [9.17, 15) is 18.0 Å². The molecule has 2 rings (SSSR count). The zero-order chi connectivity index (χ0) is 21.2. The second kappa shape index (κ2) is 8.15. The van der Waals surface area contributed by atoms with E-state index >= 15 is 0 Å². The number of aromatic amines is 1. The number of nitrogens with two attached hydrogens (primary N) is 1. The number of H-pyrrole nitrogens is 1. The van der Waals surface area contributed by atoms with Gasteiger partial charge >= 0.3 is 5.97 Å². The van der Waals surface area contributed by atoms with Gasteiger partial charge in [-0.15, -0.1) is 0 Å². The van der Waals surface area contributed by atoms with Gasteiger partial charge in [0.05, 0.1) is 23.1 Å². The molecule has 2 aromatic rings. The van der Waals surface area contributed by atoms with Crippen molar-refractivity contribution in [2.45, 2.75) is 38.6 Å². The summed E-state index contributed by atoms with van der Waals surface area (Å²) in [6.07, 6.45) is 0. The molecule has 0 fully saturated rings. The first kappa shape index (κ1) is 21.6. The number of nitrogens with one attached hydrogen (secondary N) is 1. The number of primary sulfonamides is 1. The van der Waals surface area contributed by atoms with Crippen molar-refractivity contribution in [3.05, 3.63) is 52.3 Å². The van der Waals surface area contributed by atoms with E-state index in [1.54, 1.807) is 46.9 Å². The lowest BCUT2D eigenvalue weighted by atomic mass is 10.1. The number of sulfonamides is 1. The maximum absolute atomic E-state index is 13.0. The van der Waals surface area contributed by atoms with Gasteiger partial charge in [-0.1, -0.05) is 12.1 Å². The lowest BCUT2D eigenvalue weighted by Gasteiger charge is -2.25. The molecule has 8 nitrogen and oxygen atoms in total. The molecular weight excluding hydrogens is 382 g/mol. The van der Waals surface area contributed by atoms with Crippen molar-refractivity contribution in [1.82, 2.24) is 9.88 Å². The number of hydrogen-bond acceptors (Lipinski definition) is 5. The van der Waals surface area contributed by atoms with Crippen LogP contribution >= 0.6 is 0 Å². The van der Waals surface area contributed by atoms with Gasteiger partial charge in [-0.05, 0) is 51.0 Å². The average Bonchev–Trinajstić information content (AvgIpc) is 2.93. The number of aryl methyl sites for hydroxylation is 1. The van der Waals surface area contributed by atoms with Crippen LogP contribution in [0, 0.1) is 13.8 Å². The van der Waals surface area contributed by atoms with E-state index in [0.29, 0.717) is 22.4 Å². The number of esters is 1. The Morgan fingerprint density at radius 3 is 2.50 bits per heavy atom. The first-order chi connectivity index (χ1) is 13.0. The van der Waals surface area contributed by atoms with Crippen LogP contribution in [-0.4, -0.2) is 43.8 Å². The number of ether oxygens (including phenoxy) is 1. The molecule has 0 aliphatic heterocycles. The Bertz CT molecular complexity index is 1010. The zero-order valence-corrected chi connectivity index (χ0v) is 17.4. The van der Waals surface area contributed by atoms with Crippen LogP contribution in [0.1, 0.15) is 57.6 Å². The highest BCUT2D eigenvalue weighted by Gasteiger charge is 2.27. The third-order valence-corrected chi connectivity index (χ3v) is 5.61. The van der Waals surface area contributed by atoms with Crippen molar-refractivity contribution in [3.63, 3.8) is 0 Å². The first-order valence-corrected chi connectivity index (χ1v) is 10.3. The predicted octanol–water partition coefficient (Wildman–Crippen LogP) is 2.29. The van der Waals surface area contributed by atoms with Crippen LogP contribution in [0.5, 0.6) is 0 Å². The molecule has 0 spiro atoms. The molecular formula is C19H25N3O5S. The summed E-state index contributed by atoms with van der Waals surface area (Å²) in [7, 11) is -2.23. The van der Waals surface area contributed by atoms with E-state index in [-0.39, 0.29) is 23.1 Å². The predicted molar refractivity (Wildman–Crippen MR) is 105 cm³/mol. The smallest absolute Gasteiger partial charge is 0.340 e. The molecule has 0 saturated heterocycles. The molecule has 1 aromatic heterocycles. The minimum absolute atomic E-state index is 0.0193. The summed E-state index contributed by atoms with van der Waals surface area (Å²) in [5, 5.41) is 5.19. The first-order valence-electron chi connectivity index (χ1n) is 8.75. The van der Waals surface area contributed by atoms with Gasteiger partial charge in [0.2, 0.25) is 10.0 Å². The SMILES string of the molecule is CCOC(=O)c1c(C)[nH]c(C(=O)N(C)C(C)c2cccc(S(N)(=O)=O)c2)c1C. The number of rotatable bonds is 6. The normalized spacial score (nSPS) is 12.5. The number of carbonyl (C=O) groups is 2. The molecule has 1 heterocycles. The highest BCUT2D eigenvalue weighted by Crippen LogP contribution is 2.25. The largest absolute Gasteiger partial charge is 0.462 e. The van der Waals surface area contributed by atoms with Gasteiger partial charge in [0, 0.05) is 12.7 Å². The summed E-state index contributed by atoms with van der Waals surface area (Å²) < 4.78 is 28.2. The fraction of sp³-hybridized carbons (Fsp3) is 0.368. The van der Waals surface area contributed by atoms with Crippen LogP contribution < -0.4 is 5.14 Å². The molecule has 1 aromatic carbocycles. The van der Waals surface area contributed by atoms with Crippen molar-refractivity contribution in [3.8, 4) is 0 Å². The minimum Gasteiger partial charge on any atom is -0.462 e. The number of nitrogens with zero attached hydrogens (tertiary/aromatic N) is 1. The second-order valence-electron chi connectivity index (χ2n) is 6.56.